The van der Waals surface area contributed by atoms with Gasteiger partial charge in [0.15, 0.2) is 6.61 Å². The highest BCUT2D eigenvalue weighted by atomic mass is 19.4. The van der Waals surface area contributed by atoms with E-state index in [0.717, 1.165) is 0 Å². The first-order valence-corrected chi connectivity index (χ1v) is 5.86. The van der Waals surface area contributed by atoms with Crippen molar-refractivity contribution in [3.05, 3.63) is 24.3 Å². The highest BCUT2D eigenvalue weighted by Gasteiger charge is 2.29. The Balaban J connectivity index is 0.000000382. The molecule has 0 amide bonds. The highest BCUT2D eigenvalue weighted by Crippen LogP contribution is 2.14. The molecule has 8 heteroatoms. The van der Waals surface area contributed by atoms with Gasteiger partial charge in [0.25, 0.3) is 0 Å². The summed E-state index contributed by atoms with van der Waals surface area (Å²) >= 11 is 0. The number of hydrogen-bond acceptors (Lipinski definition) is 5. The normalized spacial score (nSPS) is 16.1. The Morgan fingerprint density at radius 1 is 1.14 bits per heavy atom. The van der Waals surface area contributed by atoms with Crippen molar-refractivity contribution in [1.29, 1.82) is 0 Å². The molecule has 5 nitrogen and oxygen atoms in total. The number of carbonyl (C=O) groups excluding carboxylic acids is 2. The van der Waals surface area contributed by atoms with Crippen LogP contribution < -0.4 is 0 Å². The lowest BCUT2D eigenvalue weighted by Crippen LogP contribution is -2.20. The lowest BCUT2D eigenvalue weighted by molar-refractivity contribution is -0.183. The molecule has 0 aliphatic carbocycles. The van der Waals surface area contributed by atoms with Gasteiger partial charge >= 0.3 is 18.1 Å². The third kappa shape index (κ3) is 11.7. The average molecular weight is 310 g/mol. The number of rotatable bonds is 5. The average Bonchev–Trinajstić information content (AvgIpc) is 3.16. The summed E-state index contributed by atoms with van der Waals surface area (Å²) in [4.78, 5) is 21.1. The van der Waals surface area contributed by atoms with Crippen LogP contribution in [0.4, 0.5) is 13.2 Å². The molecule has 0 N–H and O–H groups in total. The molecule has 0 aromatic rings. The summed E-state index contributed by atoms with van der Waals surface area (Å²) in [6, 6.07) is 0. The summed E-state index contributed by atoms with van der Waals surface area (Å²) < 4.78 is 47.5. The van der Waals surface area contributed by atoms with Crippen LogP contribution in [0.3, 0.4) is 0 Å². The third-order valence-corrected chi connectivity index (χ3v) is 1.87. The van der Waals surface area contributed by atoms with Gasteiger partial charge in [0, 0.05) is 11.1 Å². The fourth-order valence-electron chi connectivity index (χ4n) is 0.727. The van der Waals surface area contributed by atoms with E-state index >= 15 is 0 Å². The Morgan fingerprint density at radius 2 is 1.57 bits per heavy atom. The van der Waals surface area contributed by atoms with Crippen LogP contribution in [-0.2, 0) is 23.8 Å². The smallest absolute Gasteiger partial charge is 0.422 e. The van der Waals surface area contributed by atoms with Crippen molar-refractivity contribution in [2.75, 3.05) is 19.8 Å². The van der Waals surface area contributed by atoms with Gasteiger partial charge in [-0.15, -0.1) is 0 Å². The van der Waals surface area contributed by atoms with Gasteiger partial charge in [-0.05, 0) is 13.8 Å². The van der Waals surface area contributed by atoms with E-state index in [0.29, 0.717) is 18.8 Å². The van der Waals surface area contributed by atoms with E-state index in [1.807, 2.05) is 0 Å². The van der Waals surface area contributed by atoms with E-state index in [9.17, 15) is 22.8 Å². The van der Waals surface area contributed by atoms with Crippen LogP contribution in [0.15, 0.2) is 24.3 Å². The van der Waals surface area contributed by atoms with Crippen LogP contribution in [-0.4, -0.2) is 44.0 Å². The highest BCUT2D eigenvalue weighted by molar-refractivity contribution is 5.87. The number of carbonyl (C=O) groups is 2. The minimum absolute atomic E-state index is 0.0470. The molecule has 0 spiro atoms. The molecule has 1 aliphatic rings. The summed E-state index contributed by atoms with van der Waals surface area (Å²) in [5.74, 6) is -1.36. The number of epoxide rings is 1. The molecule has 1 atom stereocenters. The van der Waals surface area contributed by atoms with Gasteiger partial charge in [0.2, 0.25) is 0 Å². The van der Waals surface area contributed by atoms with Crippen LogP contribution in [0.2, 0.25) is 0 Å². The molecular weight excluding hydrogens is 293 g/mol. The Bertz CT molecular complexity index is 411. The molecule has 21 heavy (non-hydrogen) atoms. The van der Waals surface area contributed by atoms with Crippen molar-refractivity contribution in [2.24, 2.45) is 0 Å². The molecule has 0 saturated carbocycles. The van der Waals surface area contributed by atoms with E-state index < -0.39 is 18.8 Å². The second-order valence-electron chi connectivity index (χ2n) is 4.31. The summed E-state index contributed by atoms with van der Waals surface area (Å²) in [5.41, 5.74) is 0.384. The maximum absolute atomic E-state index is 11.4. The van der Waals surface area contributed by atoms with Crippen molar-refractivity contribution in [3.63, 3.8) is 0 Å². The number of hydrogen-bond donors (Lipinski definition) is 0. The van der Waals surface area contributed by atoms with E-state index in [4.69, 9.17) is 9.47 Å². The van der Waals surface area contributed by atoms with E-state index in [1.54, 1.807) is 6.92 Å². The van der Waals surface area contributed by atoms with Crippen LogP contribution in [0.5, 0.6) is 0 Å². The fourth-order valence-corrected chi connectivity index (χ4v) is 0.727. The van der Waals surface area contributed by atoms with Gasteiger partial charge in [-0.3, -0.25) is 0 Å². The van der Waals surface area contributed by atoms with Crippen LogP contribution >= 0.6 is 0 Å². The van der Waals surface area contributed by atoms with Crippen molar-refractivity contribution in [2.45, 2.75) is 26.1 Å². The van der Waals surface area contributed by atoms with Crippen LogP contribution in [0.1, 0.15) is 13.8 Å². The lowest BCUT2D eigenvalue weighted by atomic mass is 10.4. The zero-order valence-corrected chi connectivity index (χ0v) is 11.8. The lowest BCUT2D eigenvalue weighted by Gasteiger charge is -2.06. The largest absolute Gasteiger partial charge is 0.459 e. The summed E-state index contributed by atoms with van der Waals surface area (Å²) in [6.07, 6.45) is -4.33. The standard InChI is InChI=1S/C7H10O3.C6H7F3O2/c1-5(2)7(8)10-4-6-3-9-6;1-4(2)5(10)11-3-6(7,8)9/h6H,1,3-4H2,2H3;1,3H2,2H3. The zero-order chi connectivity index (χ0) is 16.6. The second-order valence-corrected chi connectivity index (χ2v) is 4.31. The van der Waals surface area contributed by atoms with Crippen molar-refractivity contribution in [1.82, 2.24) is 0 Å². The van der Waals surface area contributed by atoms with Crippen LogP contribution in [0.25, 0.3) is 0 Å². The van der Waals surface area contributed by atoms with Gasteiger partial charge in [-0.2, -0.15) is 13.2 Å². The molecule has 1 aliphatic heterocycles. The molecular formula is C13H17F3O5. The monoisotopic (exact) mass is 310 g/mol. The van der Waals surface area contributed by atoms with Gasteiger partial charge in [0.05, 0.1) is 6.61 Å². The molecule has 120 valence electrons. The molecule has 0 bridgehead atoms. The number of ether oxygens (including phenoxy) is 3. The molecule has 1 rings (SSSR count). The minimum atomic E-state index is -4.47. The Morgan fingerprint density at radius 3 is 1.90 bits per heavy atom. The van der Waals surface area contributed by atoms with Crippen molar-refractivity contribution < 1.29 is 37.0 Å². The Hall–Kier alpha value is -1.83. The van der Waals surface area contributed by atoms with E-state index in [-0.39, 0.29) is 17.6 Å². The SMILES string of the molecule is C=C(C)C(=O)OCC(F)(F)F.C=C(C)C(=O)OCC1CO1. The zero-order valence-electron chi connectivity index (χ0n) is 11.8. The number of esters is 2. The maximum atomic E-state index is 11.4. The molecule has 0 aromatic carbocycles. The maximum Gasteiger partial charge on any atom is 0.422 e. The predicted octanol–water partition coefficient (Wildman–Crippen LogP) is 2.17. The predicted molar refractivity (Wildman–Crippen MR) is 67.3 cm³/mol. The second kappa shape index (κ2) is 8.46. The van der Waals surface area contributed by atoms with Crippen LogP contribution in [0, 0.1) is 0 Å². The molecule has 0 aromatic heterocycles. The third-order valence-electron chi connectivity index (χ3n) is 1.87. The van der Waals surface area contributed by atoms with Gasteiger partial charge < -0.3 is 14.2 Å². The molecule has 0 radical (unpaired) electrons. The summed E-state index contributed by atoms with van der Waals surface area (Å²) in [6.45, 7) is 8.97. The van der Waals surface area contributed by atoms with E-state index in [1.165, 1.54) is 6.92 Å². The van der Waals surface area contributed by atoms with Crippen molar-refractivity contribution in [3.8, 4) is 0 Å². The minimum Gasteiger partial charge on any atom is -0.459 e. The number of alkyl halides is 3. The molecule has 1 heterocycles. The quantitative estimate of drug-likeness (QED) is 0.442. The first-order chi connectivity index (χ1) is 9.53. The van der Waals surface area contributed by atoms with Gasteiger partial charge in [0.1, 0.15) is 12.7 Å². The topological polar surface area (TPSA) is 65.1 Å². The van der Waals surface area contributed by atoms with Gasteiger partial charge in [-0.25, -0.2) is 9.59 Å². The van der Waals surface area contributed by atoms with E-state index in [2.05, 4.69) is 17.9 Å². The van der Waals surface area contributed by atoms with Crippen molar-refractivity contribution >= 4 is 11.9 Å². The Kier molecular flexibility index (Phi) is 7.72. The first kappa shape index (κ1) is 19.2. The Labute approximate surface area is 120 Å². The number of halogens is 3. The summed E-state index contributed by atoms with van der Waals surface area (Å²) in [5, 5.41) is 0. The van der Waals surface area contributed by atoms with Gasteiger partial charge in [-0.1, -0.05) is 13.2 Å². The molecule has 1 unspecified atom stereocenters. The first-order valence-electron chi connectivity index (χ1n) is 5.86. The summed E-state index contributed by atoms with van der Waals surface area (Å²) in [7, 11) is 0. The molecule has 1 fully saturated rings. The molecule has 1 saturated heterocycles. The fraction of sp³-hybridized carbons (Fsp3) is 0.538.